The van der Waals surface area contributed by atoms with Crippen LogP contribution in [0.3, 0.4) is 0 Å². The molecule has 16 nitrogen and oxygen atoms in total. The summed E-state index contributed by atoms with van der Waals surface area (Å²) >= 11 is -5.99. The average molecular weight is 748 g/mol. The zero-order valence-corrected chi connectivity index (χ0v) is 29.4. The van der Waals surface area contributed by atoms with Gasteiger partial charge in [-0.25, -0.2) is 0 Å². The summed E-state index contributed by atoms with van der Waals surface area (Å²) in [6, 6.07) is 9.92. The Kier molecular flexibility index (Phi) is 10.7. The van der Waals surface area contributed by atoms with Crippen molar-refractivity contribution in [1.82, 2.24) is 0 Å². The van der Waals surface area contributed by atoms with Gasteiger partial charge in [-0.05, 0) is 0 Å². The molecule has 0 bridgehead atoms. The van der Waals surface area contributed by atoms with Gasteiger partial charge in [-0.1, -0.05) is 0 Å². The van der Waals surface area contributed by atoms with E-state index in [1.807, 2.05) is 0 Å². The minimum absolute atomic E-state index is 0.0132. The molecule has 0 N–H and O–H groups in total. The molecule has 0 amide bonds. The Bertz CT molecular complexity index is 1860. The molecule has 17 heteroatoms. The molecular formula is C32H32N2O14Se. The zero-order valence-electron chi connectivity index (χ0n) is 27.6. The average Bonchev–Trinajstić information content (AvgIpc) is 3.11. The maximum absolute atomic E-state index is 15.0. The Morgan fingerprint density at radius 3 is 0.980 bits per heavy atom. The van der Waals surface area contributed by atoms with Gasteiger partial charge in [-0.3, -0.25) is 0 Å². The molecule has 0 spiro atoms. The summed E-state index contributed by atoms with van der Waals surface area (Å²) in [6.45, 7) is 0. The van der Waals surface area contributed by atoms with Crippen LogP contribution in [0.4, 0.5) is 11.4 Å². The van der Waals surface area contributed by atoms with Crippen LogP contribution in [0.5, 0.6) is 46.0 Å². The monoisotopic (exact) mass is 748 g/mol. The van der Waals surface area contributed by atoms with Crippen molar-refractivity contribution >= 4 is 33.0 Å². The van der Waals surface area contributed by atoms with E-state index in [1.54, 1.807) is 0 Å². The van der Waals surface area contributed by atoms with Crippen LogP contribution < -0.4 is 46.8 Å². The molecule has 4 aromatic carbocycles. The maximum atomic E-state index is 15.0. The van der Waals surface area contributed by atoms with Crippen LogP contribution in [0.1, 0.15) is 0 Å². The number of nitro benzene ring substituents is 2. The van der Waals surface area contributed by atoms with E-state index in [1.165, 1.54) is 81.1 Å². The van der Waals surface area contributed by atoms with Crippen LogP contribution >= 0.6 is 0 Å². The number of nitrogens with zero attached hydrogens (tertiary/aromatic N) is 2. The fourth-order valence-electron chi connectivity index (χ4n) is 5.37. The first-order chi connectivity index (χ1) is 23.4. The fraction of sp³-hybridized carbons (Fsp3) is 0.250. The molecule has 0 saturated heterocycles. The van der Waals surface area contributed by atoms with Crippen LogP contribution in [0, 0.1) is 20.2 Å². The normalized spacial score (nSPS) is 10.9. The van der Waals surface area contributed by atoms with Gasteiger partial charge in [0.15, 0.2) is 0 Å². The van der Waals surface area contributed by atoms with E-state index in [4.69, 9.17) is 37.9 Å². The molecule has 0 atom stereocenters. The Morgan fingerprint density at radius 2 is 0.755 bits per heavy atom. The molecular weight excluding hydrogens is 715 g/mol. The molecule has 0 saturated carbocycles. The summed E-state index contributed by atoms with van der Waals surface area (Å²) in [5.41, 5.74) is -2.19. The molecule has 0 aromatic heterocycles. The minimum atomic E-state index is -5.99. The first-order valence-electron chi connectivity index (χ1n) is 13.9. The summed E-state index contributed by atoms with van der Waals surface area (Å²) < 4.78 is 72.1. The SMILES string of the molecule is COc1cc(-c2c([Se](=O)(=O)c3ccc(OC)c([N+](=O)[O-])c3-c3cc(OC)c(OC)c(OC)c3)ccc(OC)c2[N+](=O)[O-])cc(OC)c1OC. The molecule has 0 heterocycles. The fourth-order valence-corrected chi connectivity index (χ4v) is 8.94. The summed E-state index contributed by atoms with van der Waals surface area (Å²) in [6.07, 6.45) is 0. The van der Waals surface area contributed by atoms with Gasteiger partial charge >= 0.3 is 282 Å². The van der Waals surface area contributed by atoms with Gasteiger partial charge in [0.25, 0.3) is 0 Å². The van der Waals surface area contributed by atoms with Crippen LogP contribution in [0.25, 0.3) is 22.3 Å². The number of hydrogen-bond donors (Lipinski definition) is 0. The molecule has 49 heavy (non-hydrogen) atoms. The van der Waals surface area contributed by atoms with Crippen molar-refractivity contribution in [2.24, 2.45) is 0 Å². The second-order valence-electron chi connectivity index (χ2n) is 9.82. The van der Waals surface area contributed by atoms with Gasteiger partial charge in [0.05, 0.1) is 0 Å². The summed E-state index contributed by atoms with van der Waals surface area (Å²) in [7, 11) is 10.4. The molecule has 0 radical (unpaired) electrons. The quantitative estimate of drug-likeness (QED) is 0.101. The van der Waals surface area contributed by atoms with Crippen molar-refractivity contribution < 1.29 is 55.4 Å². The third-order valence-electron chi connectivity index (χ3n) is 7.50. The Labute approximate surface area is 281 Å². The Hall–Kier alpha value is -5.80. The van der Waals surface area contributed by atoms with Crippen molar-refractivity contribution in [1.29, 1.82) is 0 Å². The molecule has 4 rings (SSSR count). The van der Waals surface area contributed by atoms with Crippen molar-refractivity contribution in [3.05, 3.63) is 68.8 Å². The number of methoxy groups -OCH3 is 8. The second kappa shape index (κ2) is 14.5. The van der Waals surface area contributed by atoms with Gasteiger partial charge in [-0.2, -0.15) is 0 Å². The molecule has 0 aliphatic rings. The van der Waals surface area contributed by atoms with Gasteiger partial charge in [0.2, 0.25) is 0 Å². The summed E-state index contributed by atoms with van der Waals surface area (Å²) in [5, 5.41) is 25.3. The van der Waals surface area contributed by atoms with Crippen LogP contribution in [-0.4, -0.2) is 79.4 Å². The summed E-state index contributed by atoms with van der Waals surface area (Å²) in [5.74, 6) is 0.0741. The number of rotatable bonds is 14. The van der Waals surface area contributed by atoms with Gasteiger partial charge < -0.3 is 0 Å². The van der Waals surface area contributed by atoms with Crippen LogP contribution in [0.15, 0.2) is 48.5 Å². The molecule has 0 unspecified atom stereocenters. The zero-order chi connectivity index (χ0) is 36.2. The third-order valence-corrected chi connectivity index (χ3v) is 11.4. The summed E-state index contributed by atoms with van der Waals surface area (Å²) in [4.78, 5) is 23.7. The third kappa shape index (κ3) is 6.28. The van der Waals surface area contributed by atoms with Gasteiger partial charge in [-0.15, -0.1) is 0 Å². The first kappa shape index (κ1) is 36.0. The number of hydrogen-bond acceptors (Lipinski definition) is 14. The van der Waals surface area contributed by atoms with E-state index in [9.17, 15) is 20.2 Å². The molecule has 0 aliphatic heterocycles. The first-order valence-corrected chi connectivity index (χ1v) is 17.1. The van der Waals surface area contributed by atoms with Crippen LogP contribution in [-0.2, 0) is 7.67 Å². The van der Waals surface area contributed by atoms with Crippen molar-refractivity contribution in [3.63, 3.8) is 0 Å². The van der Waals surface area contributed by atoms with Crippen molar-refractivity contribution in [2.75, 3.05) is 56.9 Å². The van der Waals surface area contributed by atoms with Gasteiger partial charge in [0.1, 0.15) is 0 Å². The molecule has 260 valence electrons. The number of ether oxygens (including phenoxy) is 8. The van der Waals surface area contributed by atoms with Gasteiger partial charge in [0, 0.05) is 0 Å². The van der Waals surface area contributed by atoms with E-state index in [0.29, 0.717) is 0 Å². The predicted molar refractivity (Wildman–Crippen MR) is 176 cm³/mol. The van der Waals surface area contributed by atoms with E-state index in [-0.39, 0.29) is 68.2 Å². The Balaban J connectivity index is 2.24. The number of nitro groups is 2. The molecule has 0 fully saturated rings. The standard InChI is InChI=1S/C32H32N2O14Se/c1-41-19-9-11-25(27(29(19)33(35)36)17-13-21(43-3)31(47-7)22(14-17)44-4)49(39,40)26-12-10-20(42-2)30(34(37)38)28(26)18-15-23(45-5)32(48-8)24(16-18)46-6/h9-16H,1-8H3. The molecule has 0 aliphatic carbocycles. The molecule has 4 aromatic rings. The number of benzene rings is 4. The van der Waals surface area contributed by atoms with E-state index < -0.39 is 42.9 Å². The van der Waals surface area contributed by atoms with Crippen LogP contribution in [0.2, 0.25) is 0 Å². The second-order valence-corrected chi connectivity index (χ2v) is 13.8. The topological polar surface area (TPSA) is 194 Å². The predicted octanol–water partition coefficient (Wildman–Crippen LogP) is 4.32. The van der Waals surface area contributed by atoms with E-state index >= 15 is 7.67 Å². The Morgan fingerprint density at radius 1 is 0.469 bits per heavy atom. The van der Waals surface area contributed by atoms with E-state index in [0.717, 1.165) is 24.3 Å². The van der Waals surface area contributed by atoms with E-state index in [2.05, 4.69) is 0 Å². The van der Waals surface area contributed by atoms with Crippen molar-refractivity contribution in [2.45, 2.75) is 0 Å². The van der Waals surface area contributed by atoms with Crippen molar-refractivity contribution in [3.8, 4) is 68.2 Å².